The number of methoxy groups -OCH3 is 1. The lowest BCUT2D eigenvalue weighted by Crippen LogP contribution is -2.28. The van der Waals surface area contributed by atoms with Crippen LogP contribution >= 0.6 is 0 Å². The third kappa shape index (κ3) is 3.34. The van der Waals surface area contributed by atoms with Crippen molar-refractivity contribution in [3.05, 3.63) is 23.7 Å². The summed E-state index contributed by atoms with van der Waals surface area (Å²) >= 11 is 0. The van der Waals surface area contributed by atoms with Crippen LogP contribution < -0.4 is 11.3 Å². The average molecular weight is 212 g/mol. The summed E-state index contributed by atoms with van der Waals surface area (Å²) in [4.78, 5) is 0. The Hall–Kier alpha value is -0.840. The number of hydrogen-bond acceptors (Lipinski definition) is 4. The number of furan rings is 1. The van der Waals surface area contributed by atoms with Gasteiger partial charge in [0.1, 0.15) is 5.76 Å². The number of ether oxygens (including phenoxy) is 1. The van der Waals surface area contributed by atoms with Crippen LogP contribution in [0, 0.1) is 0 Å². The Morgan fingerprint density at radius 2 is 2.40 bits per heavy atom. The van der Waals surface area contributed by atoms with Crippen LogP contribution in [0.3, 0.4) is 0 Å². The van der Waals surface area contributed by atoms with Crippen molar-refractivity contribution in [2.45, 2.75) is 32.2 Å². The summed E-state index contributed by atoms with van der Waals surface area (Å²) in [5.74, 6) is 6.55. The van der Waals surface area contributed by atoms with Crippen LogP contribution in [0.2, 0.25) is 0 Å². The second-order valence-electron chi connectivity index (χ2n) is 3.51. The van der Waals surface area contributed by atoms with Gasteiger partial charge in [-0.05, 0) is 18.9 Å². The first-order valence-electron chi connectivity index (χ1n) is 5.34. The largest absolute Gasteiger partial charge is 0.469 e. The van der Waals surface area contributed by atoms with Crippen molar-refractivity contribution in [3.8, 4) is 0 Å². The Balaban J connectivity index is 2.57. The highest BCUT2D eigenvalue weighted by atomic mass is 16.5. The lowest BCUT2D eigenvalue weighted by molar-refractivity contribution is 0.188. The zero-order chi connectivity index (χ0) is 11.1. The van der Waals surface area contributed by atoms with E-state index in [0.29, 0.717) is 0 Å². The van der Waals surface area contributed by atoms with Gasteiger partial charge in [-0.1, -0.05) is 6.92 Å². The second kappa shape index (κ2) is 6.61. The predicted molar refractivity (Wildman–Crippen MR) is 59.3 cm³/mol. The van der Waals surface area contributed by atoms with Crippen LogP contribution in [-0.2, 0) is 11.2 Å². The molecule has 86 valence electrons. The van der Waals surface area contributed by atoms with Crippen molar-refractivity contribution >= 4 is 0 Å². The molecule has 0 aromatic carbocycles. The molecule has 1 heterocycles. The molecular weight excluding hydrogens is 192 g/mol. The fraction of sp³-hybridized carbons (Fsp3) is 0.636. The minimum atomic E-state index is 0.161. The molecule has 4 heteroatoms. The molecule has 1 rings (SSSR count). The molecule has 1 aromatic heterocycles. The SMILES string of the molecule is CCc1occc1C(CCCOC)NN. The van der Waals surface area contributed by atoms with E-state index in [2.05, 4.69) is 12.3 Å². The maximum absolute atomic E-state index is 5.54. The van der Waals surface area contributed by atoms with E-state index in [9.17, 15) is 0 Å². The smallest absolute Gasteiger partial charge is 0.108 e. The van der Waals surface area contributed by atoms with Crippen molar-refractivity contribution in [1.29, 1.82) is 0 Å². The van der Waals surface area contributed by atoms with Gasteiger partial charge in [-0.25, -0.2) is 0 Å². The van der Waals surface area contributed by atoms with Crippen LogP contribution in [0.5, 0.6) is 0 Å². The summed E-state index contributed by atoms with van der Waals surface area (Å²) in [5, 5.41) is 0. The van der Waals surface area contributed by atoms with Gasteiger partial charge in [-0.3, -0.25) is 11.3 Å². The van der Waals surface area contributed by atoms with Gasteiger partial charge in [0.05, 0.1) is 6.26 Å². The van der Waals surface area contributed by atoms with Gasteiger partial charge in [0.15, 0.2) is 0 Å². The molecule has 0 saturated heterocycles. The highest BCUT2D eigenvalue weighted by molar-refractivity contribution is 5.21. The highest BCUT2D eigenvalue weighted by Crippen LogP contribution is 2.23. The van der Waals surface area contributed by atoms with E-state index >= 15 is 0 Å². The Labute approximate surface area is 90.8 Å². The Kier molecular flexibility index (Phi) is 5.39. The van der Waals surface area contributed by atoms with Crippen molar-refractivity contribution in [2.75, 3.05) is 13.7 Å². The molecule has 0 amide bonds. The number of hydrogen-bond donors (Lipinski definition) is 2. The van der Waals surface area contributed by atoms with E-state index in [4.69, 9.17) is 15.0 Å². The van der Waals surface area contributed by atoms with Crippen LogP contribution in [0.25, 0.3) is 0 Å². The third-order valence-electron chi connectivity index (χ3n) is 2.52. The molecule has 0 aliphatic rings. The molecule has 0 aliphatic carbocycles. The first-order valence-corrected chi connectivity index (χ1v) is 5.34. The summed E-state index contributed by atoms with van der Waals surface area (Å²) < 4.78 is 10.4. The highest BCUT2D eigenvalue weighted by Gasteiger charge is 2.14. The fourth-order valence-corrected chi connectivity index (χ4v) is 1.71. The van der Waals surface area contributed by atoms with Crippen LogP contribution in [-0.4, -0.2) is 13.7 Å². The molecule has 1 aromatic rings. The van der Waals surface area contributed by atoms with E-state index in [1.807, 2.05) is 6.07 Å². The Morgan fingerprint density at radius 1 is 1.60 bits per heavy atom. The molecular formula is C11H20N2O2. The van der Waals surface area contributed by atoms with Crippen LogP contribution in [0.4, 0.5) is 0 Å². The standard InChI is InChI=1S/C11H20N2O2/c1-3-11-9(6-8-15-11)10(13-12)5-4-7-14-2/h6,8,10,13H,3-5,7,12H2,1-2H3. The summed E-state index contributed by atoms with van der Waals surface area (Å²) in [6.07, 6.45) is 4.55. The minimum Gasteiger partial charge on any atom is -0.469 e. The zero-order valence-electron chi connectivity index (χ0n) is 9.45. The molecule has 3 N–H and O–H groups in total. The lowest BCUT2D eigenvalue weighted by Gasteiger charge is -2.15. The fourth-order valence-electron chi connectivity index (χ4n) is 1.71. The lowest BCUT2D eigenvalue weighted by atomic mass is 10.0. The van der Waals surface area contributed by atoms with Crippen LogP contribution in [0.15, 0.2) is 16.7 Å². The van der Waals surface area contributed by atoms with Crippen LogP contribution in [0.1, 0.15) is 37.1 Å². The van der Waals surface area contributed by atoms with E-state index < -0.39 is 0 Å². The average Bonchev–Trinajstić information content (AvgIpc) is 2.72. The number of nitrogens with one attached hydrogen (secondary N) is 1. The summed E-state index contributed by atoms with van der Waals surface area (Å²) in [7, 11) is 1.71. The molecule has 0 fully saturated rings. The topological polar surface area (TPSA) is 60.4 Å². The number of rotatable bonds is 7. The van der Waals surface area contributed by atoms with Gasteiger partial charge in [-0.2, -0.15) is 0 Å². The Morgan fingerprint density at radius 3 is 3.00 bits per heavy atom. The van der Waals surface area contributed by atoms with Crippen molar-refractivity contribution in [3.63, 3.8) is 0 Å². The molecule has 15 heavy (non-hydrogen) atoms. The van der Waals surface area contributed by atoms with Gasteiger partial charge in [0.2, 0.25) is 0 Å². The predicted octanol–water partition coefficient (Wildman–Crippen LogP) is 1.77. The zero-order valence-corrected chi connectivity index (χ0v) is 9.45. The molecule has 0 spiro atoms. The molecule has 0 saturated carbocycles. The molecule has 0 radical (unpaired) electrons. The van der Waals surface area contributed by atoms with Gasteiger partial charge in [-0.15, -0.1) is 0 Å². The normalized spacial score (nSPS) is 13.0. The van der Waals surface area contributed by atoms with Crippen molar-refractivity contribution < 1.29 is 9.15 Å². The molecule has 1 unspecified atom stereocenters. The summed E-state index contributed by atoms with van der Waals surface area (Å²) in [6.45, 7) is 2.84. The molecule has 1 atom stereocenters. The minimum absolute atomic E-state index is 0.161. The molecule has 4 nitrogen and oxygen atoms in total. The van der Waals surface area contributed by atoms with E-state index in [1.165, 1.54) is 0 Å². The second-order valence-corrected chi connectivity index (χ2v) is 3.51. The maximum Gasteiger partial charge on any atom is 0.108 e. The van der Waals surface area contributed by atoms with Gasteiger partial charge in [0.25, 0.3) is 0 Å². The van der Waals surface area contributed by atoms with E-state index in [0.717, 1.165) is 37.2 Å². The van der Waals surface area contributed by atoms with Crippen molar-refractivity contribution in [2.24, 2.45) is 5.84 Å². The monoisotopic (exact) mass is 212 g/mol. The Bertz CT molecular complexity index is 273. The van der Waals surface area contributed by atoms with Crippen molar-refractivity contribution in [1.82, 2.24) is 5.43 Å². The molecule has 0 aliphatic heterocycles. The third-order valence-corrected chi connectivity index (χ3v) is 2.52. The first-order chi connectivity index (χ1) is 7.33. The van der Waals surface area contributed by atoms with E-state index in [-0.39, 0.29) is 6.04 Å². The first kappa shape index (κ1) is 12.2. The van der Waals surface area contributed by atoms with Gasteiger partial charge < -0.3 is 9.15 Å². The number of hydrazine groups is 1. The van der Waals surface area contributed by atoms with Gasteiger partial charge >= 0.3 is 0 Å². The summed E-state index contributed by atoms with van der Waals surface area (Å²) in [5.41, 5.74) is 3.99. The van der Waals surface area contributed by atoms with E-state index in [1.54, 1.807) is 13.4 Å². The molecule has 0 bridgehead atoms. The number of aryl methyl sites for hydroxylation is 1. The summed E-state index contributed by atoms with van der Waals surface area (Å²) in [6, 6.07) is 2.14. The maximum atomic E-state index is 5.54. The quantitative estimate of drug-likeness (QED) is 0.411. The number of nitrogens with two attached hydrogens (primary N) is 1. The van der Waals surface area contributed by atoms with Gasteiger partial charge in [0, 0.05) is 31.7 Å².